The molecule has 0 aliphatic rings. The Labute approximate surface area is 87.4 Å². The summed E-state index contributed by atoms with van der Waals surface area (Å²) >= 11 is 0. The van der Waals surface area contributed by atoms with Crippen LogP contribution in [-0.4, -0.2) is 14.7 Å². The summed E-state index contributed by atoms with van der Waals surface area (Å²) in [4.78, 5) is 4.28. The van der Waals surface area contributed by atoms with Gasteiger partial charge < -0.3 is 9.67 Å². The van der Waals surface area contributed by atoms with Crippen molar-refractivity contribution in [3.63, 3.8) is 0 Å². The molecule has 0 saturated heterocycles. The molecule has 1 unspecified atom stereocenters. The topological polar surface area (TPSA) is 61.8 Å². The third-order valence-corrected chi connectivity index (χ3v) is 2.42. The lowest BCUT2D eigenvalue weighted by Gasteiger charge is -2.03. The van der Waals surface area contributed by atoms with Crippen molar-refractivity contribution in [2.75, 3.05) is 0 Å². The van der Waals surface area contributed by atoms with Gasteiger partial charge in [-0.05, 0) is 25.1 Å². The van der Waals surface area contributed by atoms with E-state index in [9.17, 15) is 5.11 Å². The first-order chi connectivity index (χ1) is 7.13. The molecular weight excluding hydrogens is 190 g/mol. The van der Waals surface area contributed by atoms with Crippen molar-refractivity contribution in [1.82, 2.24) is 9.55 Å². The van der Waals surface area contributed by atoms with E-state index in [1.807, 2.05) is 17.7 Å². The Bertz CT molecular complexity index is 549. The summed E-state index contributed by atoms with van der Waals surface area (Å²) < 4.78 is 1.83. The van der Waals surface area contributed by atoms with E-state index in [0.717, 1.165) is 11.0 Å². The zero-order valence-corrected chi connectivity index (χ0v) is 8.60. The van der Waals surface area contributed by atoms with Gasteiger partial charge in [-0.1, -0.05) is 0 Å². The van der Waals surface area contributed by atoms with E-state index in [-0.39, 0.29) is 0 Å². The van der Waals surface area contributed by atoms with Gasteiger partial charge in [0.05, 0.1) is 22.7 Å². The van der Waals surface area contributed by atoms with Crippen LogP contribution in [0.3, 0.4) is 0 Å². The van der Waals surface area contributed by atoms with Gasteiger partial charge in [-0.15, -0.1) is 0 Å². The second kappa shape index (κ2) is 3.37. The number of rotatable bonds is 1. The normalized spacial score (nSPS) is 12.7. The fraction of sp³-hybridized carbons (Fsp3) is 0.273. The third kappa shape index (κ3) is 1.47. The Kier molecular flexibility index (Phi) is 2.18. The SMILES string of the molecule is CC(O)c1nc2cc(C#N)ccc2n1C. The van der Waals surface area contributed by atoms with Gasteiger partial charge in [-0.3, -0.25) is 0 Å². The van der Waals surface area contributed by atoms with Gasteiger partial charge in [0.2, 0.25) is 0 Å². The Morgan fingerprint density at radius 3 is 2.87 bits per heavy atom. The van der Waals surface area contributed by atoms with Gasteiger partial charge >= 0.3 is 0 Å². The average Bonchev–Trinajstić information content (AvgIpc) is 2.55. The fourth-order valence-electron chi connectivity index (χ4n) is 1.66. The molecule has 4 nitrogen and oxygen atoms in total. The third-order valence-electron chi connectivity index (χ3n) is 2.42. The molecule has 1 N–H and O–H groups in total. The molecule has 1 heterocycles. The van der Waals surface area contributed by atoms with Crippen molar-refractivity contribution < 1.29 is 5.11 Å². The van der Waals surface area contributed by atoms with Gasteiger partial charge in [-0.25, -0.2) is 4.98 Å². The number of aromatic nitrogens is 2. The number of hydrogen-bond acceptors (Lipinski definition) is 3. The van der Waals surface area contributed by atoms with E-state index in [2.05, 4.69) is 11.1 Å². The monoisotopic (exact) mass is 201 g/mol. The van der Waals surface area contributed by atoms with E-state index in [1.165, 1.54) is 0 Å². The van der Waals surface area contributed by atoms with Crippen LogP contribution in [0, 0.1) is 11.3 Å². The number of aryl methyl sites for hydroxylation is 1. The van der Waals surface area contributed by atoms with Crippen LogP contribution < -0.4 is 0 Å². The molecule has 0 radical (unpaired) electrons. The average molecular weight is 201 g/mol. The minimum atomic E-state index is -0.604. The lowest BCUT2D eigenvalue weighted by molar-refractivity contribution is 0.186. The van der Waals surface area contributed by atoms with Crippen molar-refractivity contribution in [1.29, 1.82) is 5.26 Å². The lowest BCUT2D eigenvalue weighted by Crippen LogP contribution is -2.01. The van der Waals surface area contributed by atoms with Crippen molar-refractivity contribution in [3.8, 4) is 6.07 Å². The van der Waals surface area contributed by atoms with Crippen molar-refractivity contribution in [2.45, 2.75) is 13.0 Å². The molecule has 0 aliphatic carbocycles. The summed E-state index contributed by atoms with van der Waals surface area (Å²) in [5, 5.41) is 18.2. The van der Waals surface area contributed by atoms with Crippen LogP contribution in [0.2, 0.25) is 0 Å². The summed E-state index contributed by atoms with van der Waals surface area (Å²) in [6, 6.07) is 7.37. The van der Waals surface area contributed by atoms with Crippen molar-refractivity contribution >= 4 is 11.0 Å². The van der Waals surface area contributed by atoms with Crippen LogP contribution in [-0.2, 0) is 7.05 Å². The second-order valence-electron chi connectivity index (χ2n) is 3.52. The number of benzene rings is 1. The number of aliphatic hydroxyl groups excluding tert-OH is 1. The molecule has 4 heteroatoms. The van der Waals surface area contributed by atoms with Crippen LogP contribution >= 0.6 is 0 Å². The summed E-state index contributed by atoms with van der Waals surface area (Å²) in [7, 11) is 1.85. The van der Waals surface area contributed by atoms with E-state index in [4.69, 9.17) is 5.26 Å². The van der Waals surface area contributed by atoms with Crippen LogP contribution in [0.4, 0.5) is 0 Å². The predicted molar refractivity (Wildman–Crippen MR) is 56.1 cm³/mol. The first-order valence-electron chi connectivity index (χ1n) is 4.68. The number of hydrogen-bond donors (Lipinski definition) is 1. The molecule has 2 rings (SSSR count). The molecule has 76 valence electrons. The first-order valence-corrected chi connectivity index (χ1v) is 4.68. The summed E-state index contributed by atoms with van der Waals surface area (Å²) in [6.45, 7) is 1.67. The predicted octanol–water partition coefficient (Wildman–Crippen LogP) is 1.50. The van der Waals surface area contributed by atoms with Crippen LogP contribution in [0.5, 0.6) is 0 Å². The maximum Gasteiger partial charge on any atom is 0.138 e. The number of aliphatic hydroxyl groups is 1. The second-order valence-corrected chi connectivity index (χ2v) is 3.52. The van der Waals surface area contributed by atoms with Gasteiger partial charge in [0.25, 0.3) is 0 Å². The molecule has 0 aliphatic heterocycles. The quantitative estimate of drug-likeness (QED) is 0.760. The van der Waals surface area contributed by atoms with Gasteiger partial charge in [-0.2, -0.15) is 5.26 Å². The van der Waals surface area contributed by atoms with Crippen molar-refractivity contribution in [3.05, 3.63) is 29.6 Å². The maximum absolute atomic E-state index is 9.48. The van der Waals surface area contributed by atoms with Crippen molar-refractivity contribution in [2.24, 2.45) is 7.05 Å². The smallest absolute Gasteiger partial charge is 0.138 e. The molecule has 0 spiro atoms. The minimum absolute atomic E-state index is 0.581. The maximum atomic E-state index is 9.48. The van der Waals surface area contributed by atoms with Crippen LogP contribution in [0.1, 0.15) is 24.4 Å². The highest BCUT2D eigenvalue weighted by molar-refractivity contribution is 5.77. The zero-order chi connectivity index (χ0) is 11.0. The van der Waals surface area contributed by atoms with Crippen LogP contribution in [0.15, 0.2) is 18.2 Å². The van der Waals surface area contributed by atoms with E-state index >= 15 is 0 Å². The molecule has 2 aromatic rings. The van der Waals surface area contributed by atoms with Gasteiger partial charge in [0.15, 0.2) is 0 Å². The molecule has 1 atom stereocenters. The molecule has 0 amide bonds. The number of imidazole rings is 1. The Hall–Kier alpha value is -1.86. The largest absolute Gasteiger partial charge is 0.385 e. The standard InChI is InChI=1S/C11H11N3O/c1-7(15)11-13-9-5-8(6-12)3-4-10(9)14(11)2/h3-5,7,15H,1-2H3. The summed E-state index contributed by atoms with van der Waals surface area (Å²) in [6.07, 6.45) is -0.604. The highest BCUT2D eigenvalue weighted by atomic mass is 16.3. The molecule has 0 bridgehead atoms. The highest BCUT2D eigenvalue weighted by Gasteiger charge is 2.11. The minimum Gasteiger partial charge on any atom is -0.385 e. The lowest BCUT2D eigenvalue weighted by atomic mass is 10.2. The number of fused-ring (bicyclic) bond motifs is 1. The Morgan fingerprint density at radius 2 is 2.27 bits per heavy atom. The van der Waals surface area contributed by atoms with Crippen LogP contribution in [0.25, 0.3) is 11.0 Å². The Balaban J connectivity index is 2.72. The molecule has 0 fully saturated rings. The summed E-state index contributed by atoms with van der Waals surface area (Å²) in [5.41, 5.74) is 2.25. The molecule has 0 saturated carbocycles. The van der Waals surface area contributed by atoms with E-state index in [1.54, 1.807) is 19.1 Å². The highest BCUT2D eigenvalue weighted by Crippen LogP contribution is 2.20. The first kappa shape index (κ1) is 9.69. The van der Waals surface area contributed by atoms with E-state index in [0.29, 0.717) is 11.4 Å². The number of nitrogens with zero attached hydrogens (tertiary/aromatic N) is 3. The molecular formula is C11H11N3O. The van der Waals surface area contributed by atoms with Gasteiger partial charge in [0, 0.05) is 7.05 Å². The summed E-state index contributed by atoms with van der Waals surface area (Å²) in [5.74, 6) is 0.611. The molecule has 1 aromatic carbocycles. The molecule has 15 heavy (non-hydrogen) atoms. The number of nitriles is 1. The zero-order valence-electron chi connectivity index (χ0n) is 8.60. The van der Waals surface area contributed by atoms with Gasteiger partial charge in [0.1, 0.15) is 11.9 Å². The fourth-order valence-corrected chi connectivity index (χ4v) is 1.66. The van der Waals surface area contributed by atoms with E-state index < -0.39 is 6.10 Å². The Morgan fingerprint density at radius 1 is 1.53 bits per heavy atom. The molecule has 1 aromatic heterocycles.